The van der Waals surface area contributed by atoms with Gasteiger partial charge in [0, 0.05) is 30.3 Å². The van der Waals surface area contributed by atoms with Crippen LogP contribution in [-0.4, -0.2) is 22.8 Å². The minimum atomic E-state index is 0.233. The molecule has 18 heavy (non-hydrogen) atoms. The lowest BCUT2D eigenvalue weighted by Crippen LogP contribution is -2.02. The first kappa shape index (κ1) is 13.1. The van der Waals surface area contributed by atoms with Crippen molar-refractivity contribution >= 4 is 10.9 Å². The average Bonchev–Trinajstić information content (AvgIpc) is 2.66. The number of benzene rings is 1. The molecule has 0 aliphatic carbocycles. The number of nitrogens with two attached hydrogens (primary N) is 1. The van der Waals surface area contributed by atoms with Crippen molar-refractivity contribution in [3.8, 4) is 0 Å². The van der Waals surface area contributed by atoms with Gasteiger partial charge < -0.3 is 15.4 Å². The predicted molar refractivity (Wildman–Crippen MR) is 75.9 cm³/mol. The Hall–Kier alpha value is -1.32. The van der Waals surface area contributed by atoms with Crippen LogP contribution in [-0.2, 0) is 13.0 Å². The van der Waals surface area contributed by atoms with E-state index in [-0.39, 0.29) is 6.61 Å². The fourth-order valence-electron chi connectivity index (χ4n) is 2.40. The Morgan fingerprint density at radius 3 is 2.61 bits per heavy atom. The highest BCUT2D eigenvalue weighted by Gasteiger charge is 2.09. The van der Waals surface area contributed by atoms with Crippen molar-refractivity contribution < 1.29 is 5.11 Å². The molecule has 0 spiro atoms. The molecule has 0 aliphatic heterocycles. The van der Waals surface area contributed by atoms with Crippen molar-refractivity contribution in [2.75, 3.05) is 13.2 Å². The molecule has 1 aromatic heterocycles. The summed E-state index contributed by atoms with van der Waals surface area (Å²) in [5.41, 5.74) is 10.9. The molecule has 98 valence electrons. The van der Waals surface area contributed by atoms with E-state index >= 15 is 0 Å². The molecule has 3 N–H and O–H groups in total. The zero-order valence-corrected chi connectivity index (χ0v) is 11.2. The molecule has 1 aromatic carbocycles. The van der Waals surface area contributed by atoms with Crippen LogP contribution >= 0.6 is 0 Å². The first-order chi connectivity index (χ1) is 8.67. The molecule has 3 heteroatoms. The molecule has 0 radical (unpaired) electrons. The second kappa shape index (κ2) is 5.55. The highest BCUT2D eigenvalue weighted by atomic mass is 16.3. The maximum atomic E-state index is 8.98. The Morgan fingerprint density at radius 2 is 1.94 bits per heavy atom. The molecular formula is C15H22N2O. The summed E-state index contributed by atoms with van der Waals surface area (Å²) < 4.78 is 2.24. The SMILES string of the molecule is Cc1cc2c(CCN)cn(CCCO)c2cc1C. The predicted octanol–water partition coefficient (Wildman–Crippen LogP) is 2.14. The molecule has 2 rings (SSSR count). The summed E-state index contributed by atoms with van der Waals surface area (Å²) in [6, 6.07) is 4.49. The monoisotopic (exact) mass is 246 g/mol. The Bertz CT molecular complexity index is 543. The van der Waals surface area contributed by atoms with Gasteiger partial charge in [0.15, 0.2) is 0 Å². The molecule has 3 nitrogen and oxygen atoms in total. The number of hydrogen-bond acceptors (Lipinski definition) is 2. The van der Waals surface area contributed by atoms with Crippen LogP contribution in [0.3, 0.4) is 0 Å². The van der Waals surface area contributed by atoms with Crippen LogP contribution in [0.4, 0.5) is 0 Å². The van der Waals surface area contributed by atoms with Crippen LogP contribution in [0.2, 0.25) is 0 Å². The lowest BCUT2D eigenvalue weighted by atomic mass is 10.0. The topological polar surface area (TPSA) is 51.2 Å². The van der Waals surface area contributed by atoms with Crippen molar-refractivity contribution in [2.24, 2.45) is 5.73 Å². The summed E-state index contributed by atoms with van der Waals surface area (Å²) >= 11 is 0. The number of aliphatic hydroxyl groups excluding tert-OH is 1. The van der Waals surface area contributed by atoms with Crippen molar-refractivity contribution in [2.45, 2.75) is 33.2 Å². The van der Waals surface area contributed by atoms with E-state index in [1.807, 2.05) is 0 Å². The van der Waals surface area contributed by atoms with Gasteiger partial charge in [-0.1, -0.05) is 0 Å². The zero-order valence-electron chi connectivity index (χ0n) is 11.2. The van der Waals surface area contributed by atoms with E-state index in [4.69, 9.17) is 10.8 Å². The van der Waals surface area contributed by atoms with Gasteiger partial charge in [0.2, 0.25) is 0 Å². The fraction of sp³-hybridized carbons (Fsp3) is 0.467. The van der Waals surface area contributed by atoms with Gasteiger partial charge in [0.1, 0.15) is 0 Å². The molecule has 1 heterocycles. The van der Waals surface area contributed by atoms with Gasteiger partial charge in [0.25, 0.3) is 0 Å². The summed E-state index contributed by atoms with van der Waals surface area (Å²) in [4.78, 5) is 0. The van der Waals surface area contributed by atoms with Crippen LogP contribution in [0, 0.1) is 13.8 Å². The molecule has 0 aliphatic rings. The Labute approximate surface area is 108 Å². The van der Waals surface area contributed by atoms with Crippen molar-refractivity contribution in [3.05, 3.63) is 35.0 Å². The van der Waals surface area contributed by atoms with Crippen molar-refractivity contribution in [3.63, 3.8) is 0 Å². The lowest BCUT2D eigenvalue weighted by Gasteiger charge is -2.06. The normalized spacial score (nSPS) is 11.3. The molecular weight excluding hydrogens is 224 g/mol. The van der Waals surface area contributed by atoms with Gasteiger partial charge >= 0.3 is 0 Å². The van der Waals surface area contributed by atoms with E-state index in [1.54, 1.807) is 0 Å². The molecule has 0 fully saturated rings. The van der Waals surface area contributed by atoms with E-state index in [0.29, 0.717) is 6.54 Å². The molecule has 0 saturated heterocycles. The van der Waals surface area contributed by atoms with Crippen LogP contribution in [0.1, 0.15) is 23.1 Å². The van der Waals surface area contributed by atoms with E-state index in [2.05, 4.69) is 36.7 Å². The van der Waals surface area contributed by atoms with Gasteiger partial charge in [0.05, 0.1) is 0 Å². The standard InChI is InChI=1S/C15H22N2O/c1-11-8-14-13(4-5-16)10-17(6-3-7-18)15(14)9-12(11)2/h8-10,18H,3-7,16H2,1-2H3. The van der Waals surface area contributed by atoms with Gasteiger partial charge in [-0.3, -0.25) is 0 Å². The quantitative estimate of drug-likeness (QED) is 0.849. The lowest BCUT2D eigenvalue weighted by molar-refractivity contribution is 0.280. The number of fused-ring (bicyclic) bond motifs is 1. The summed E-state index contributed by atoms with van der Waals surface area (Å²) in [5, 5.41) is 10.3. The summed E-state index contributed by atoms with van der Waals surface area (Å²) in [5.74, 6) is 0. The van der Waals surface area contributed by atoms with Crippen LogP contribution in [0.25, 0.3) is 10.9 Å². The molecule has 0 amide bonds. The third-order valence-corrected chi connectivity index (χ3v) is 3.55. The number of rotatable bonds is 5. The first-order valence-electron chi connectivity index (χ1n) is 6.57. The number of hydrogen-bond donors (Lipinski definition) is 2. The minimum absolute atomic E-state index is 0.233. The maximum absolute atomic E-state index is 8.98. The first-order valence-corrected chi connectivity index (χ1v) is 6.57. The maximum Gasteiger partial charge on any atom is 0.0486 e. The van der Waals surface area contributed by atoms with E-state index in [1.165, 1.54) is 27.6 Å². The number of aryl methyl sites for hydroxylation is 3. The zero-order chi connectivity index (χ0) is 13.1. The highest BCUT2D eigenvalue weighted by molar-refractivity contribution is 5.85. The van der Waals surface area contributed by atoms with Gasteiger partial charge in [-0.15, -0.1) is 0 Å². The number of nitrogens with zero attached hydrogens (tertiary/aromatic N) is 1. The second-order valence-corrected chi connectivity index (χ2v) is 4.92. The summed E-state index contributed by atoms with van der Waals surface area (Å²) in [6.07, 6.45) is 3.88. The average molecular weight is 246 g/mol. The third-order valence-electron chi connectivity index (χ3n) is 3.55. The van der Waals surface area contributed by atoms with E-state index in [9.17, 15) is 0 Å². The minimum Gasteiger partial charge on any atom is -0.396 e. The number of aromatic nitrogens is 1. The fourth-order valence-corrected chi connectivity index (χ4v) is 2.40. The van der Waals surface area contributed by atoms with Crippen molar-refractivity contribution in [1.29, 1.82) is 0 Å². The molecule has 0 bridgehead atoms. The van der Waals surface area contributed by atoms with Crippen LogP contribution in [0.5, 0.6) is 0 Å². The highest BCUT2D eigenvalue weighted by Crippen LogP contribution is 2.25. The van der Waals surface area contributed by atoms with Gasteiger partial charge in [-0.05, 0) is 62.1 Å². The molecule has 2 aromatic rings. The molecule has 0 unspecified atom stereocenters. The largest absolute Gasteiger partial charge is 0.396 e. The smallest absolute Gasteiger partial charge is 0.0486 e. The van der Waals surface area contributed by atoms with E-state index in [0.717, 1.165) is 19.4 Å². The van der Waals surface area contributed by atoms with Gasteiger partial charge in [-0.2, -0.15) is 0 Å². The third kappa shape index (κ3) is 2.42. The summed E-state index contributed by atoms with van der Waals surface area (Å²) in [7, 11) is 0. The Morgan fingerprint density at radius 1 is 1.22 bits per heavy atom. The van der Waals surface area contributed by atoms with Gasteiger partial charge in [-0.25, -0.2) is 0 Å². The van der Waals surface area contributed by atoms with Crippen LogP contribution in [0.15, 0.2) is 18.3 Å². The Balaban J connectivity index is 2.53. The second-order valence-electron chi connectivity index (χ2n) is 4.92. The Kier molecular flexibility index (Phi) is 4.04. The summed E-state index contributed by atoms with van der Waals surface area (Å²) in [6.45, 7) is 6.05. The van der Waals surface area contributed by atoms with E-state index < -0.39 is 0 Å². The molecule has 0 atom stereocenters. The van der Waals surface area contributed by atoms with Crippen LogP contribution < -0.4 is 5.73 Å². The number of aliphatic hydroxyl groups is 1. The van der Waals surface area contributed by atoms with Crippen molar-refractivity contribution in [1.82, 2.24) is 4.57 Å². The molecule has 0 saturated carbocycles.